The Morgan fingerprint density at radius 3 is 2.92 bits per heavy atom. The van der Waals surface area contributed by atoms with Gasteiger partial charge in [0.2, 0.25) is 0 Å². The number of aliphatic carboxylic acids is 1. The van der Waals surface area contributed by atoms with E-state index < -0.39 is 5.97 Å². The van der Waals surface area contributed by atoms with Crippen LogP contribution in [-0.2, 0) is 4.79 Å². The molecule has 6 nitrogen and oxygen atoms in total. The molecule has 2 rings (SSSR count). The summed E-state index contributed by atoms with van der Waals surface area (Å²) in [4.78, 5) is 25.5. The molecule has 1 saturated heterocycles. The number of hydrogen-bond donors (Lipinski definition) is 1. The van der Waals surface area contributed by atoms with Crippen LogP contribution in [0.5, 0.6) is 11.5 Å². The van der Waals surface area contributed by atoms with Gasteiger partial charge in [-0.3, -0.25) is 9.59 Å². The van der Waals surface area contributed by atoms with Crippen LogP contribution in [-0.4, -0.2) is 48.7 Å². The summed E-state index contributed by atoms with van der Waals surface area (Å²) in [6, 6.07) is 5.14. The van der Waals surface area contributed by atoms with Gasteiger partial charge in [-0.2, -0.15) is 0 Å². The number of methoxy groups -OCH3 is 1. The molecular formula is C19H25NO5. The summed E-state index contributed by atoms with van der Waals surface area (Å²) in [5, 5.41) is 8.85. The highest BCUT2D eigenvalue weighted by Crippen LogP contribution is 2.28. The molecule has 1 unspecified atom stereocenters. The second-order valence-corrected chi connectivity index (χ2v) is 6.15. The van der Waals surface area contributed by atoms with Gasteiger partial charge in [0, 0.05) is 25.6 Å². The van der Waals surface area contributed by atoms with Gasteiger partial charge in [0.25, 0.3) is 5.91 Å². The fourth-order valence-corrected chi connectivity index (χ4v) is 3.06. The van der Waals surface area contributed by atoms with E-state index in [4.69, 9.17) is 14.6 Å². The number of nitrogens with zero attached hydrogens (tertiary/aromatic N) is 1. The predicted molar refractivity (Wildman–Crippen MR) is 94.2 cm³/mol. The Balaban J connectivity index is 2.12. The monoisotopic (exact) mass is 347 g/mol. The number of carbonyl (C=O) groups is 2. The Bertz CT molecular complexity index is 628. The molecule has 1 aromatic carbocycles. The normalized spacial score (nSPS) is 17.0. The summed E-state index contributed by atoms with van der Waals surface area (Å²) >= 11 is 0. The van der Waals surface area contributed by atoms with Gasteiger partial charge in [0.1, 0.15) is 18.1 Å². The van der Waals surface area contributed by atoms with Gasteiger partial charge in [-0.05, 0) is 37.3 Å². The van der Waals surface area contributed by atoms with E-state index in [1.165, 1.54) is 0 Å². The summed E-state index contributed by atoms with van der Waals surface area (Å²) < 4.78 is 10.8. The van der Waals surface area contributed by atoms with E-state index in [2.05, 4.69) is 6.58 Å². The standard InChI is InChI=1S/C19H25NO5/c1-3-11-25-17-12-15(24-2)7-8-16(17)19(23)20-10-4-5-14(13-20)6-9-18(21)22/h3,7-8,12,14H,1,4-6,9-11,13H2,2H3,(H,21,22). The Labute approximate surface area is 148 Å². The summed E-state index contributed by atoms with van der Waals surface area (Å²) in [6.45, 7) is 5.19. The molecule has 0 aliphatic carbocycles. The number of piperidine rings is 1. The molecule has 6 heteroatoms. The smallest absolute Gasteiger partial charge is 0.303 e. The van der Waals surface area contributed by atoms with E-state index in [-0.39, 0.29) is 18.2 Å². The molecule has 0 spiro atoms. The second-order valence-electron chi connectivity index (χ2n) is 6.15. The lowest BCUT2D eigenvalue weighted by molar-refractivity contribution is -0.137. The van der Waals surface area contributed by atoms with Crippen molar-refractivity contribution < 1.29 is 24.2 Å². The van der Waals surface area contributed by atoms with Crippen molar-refractivity contribution in [1.82, 2.24) is 4.90 Å². The number of carbonyl (C=O) groups excluding carboxylic acids is 1. The van der Waals surface area contributed by atoms with Crippen LogP contribution >= 0.6 is 0 Å². The molecule has 1 atom stereocenters. The number of likely N-dealkylation sites (tertiary alicyclic amines) is 1. The van der Waals surface area contributed by atoms with Gasteiger partial charge in [-0.15, -0.1) is 0 Å². The molecule has 1 aliphatic rings. The molecule has 0 aromatic heterocycles. The molecule has 1 fully saturated rings. The van der Waals surface area contributed by atoms with Gasteiger partial charge in [-0.1, -0.05) is 12.7 Å². The first-order chi connectivity index (χ1) is 12.0. The topological polar surface area (TPSA) is 76.1 Å². The fraction of sp³-hybridized carbons (Fsp3) is 0.474. The van der Waals surface area contributed by atoms with Crippen LogP contribution in [0.25, 0.3) is 0 Å². The zero-order chi connectivity index (χ0) is 18.2. The minimum atomic E-state index is -0.793. The Hall–Kier alpha value is -2.50. The fourth-order valence-electron chi connectivity index (χ4n) is 3.06. The van der Waals surface area contributed by atoms with Crippen LogP contribution < -0.4 is 9.47 Å². The first-order valence-corrected chi connectivity index (χ1v) is 8.48. The highest BCUT2D eigenvalue weighted by molar-refractivity contribution is 5.97. The number of ether oxygens (including phenoxy) is 2. The third-order valence-corrected chi connectivity index (χ3v) is 4.35. The van der Waals surface area contributed by atoms with Crippen LogP contribution in [0, 0.1) is 5.92 Å². The predicted octanol–water partition coefficient (Wildman–Crippen LogP) is 2.98. The maximum absolute atomic E-state index is 12.9. The van der Waals surface area contributed by atoms with Crippen molar-refractivity contribution in [2.75, 3.05) is 26.8 Å². The molecule has 1 aromatic rings. The van der Waals surface area contributed by atoms with Gasteiger partial charge >= 0.3 is 5.97 Å². The van der Waals surface area contributed by atoms with E-state index in [9.17, 15) is 9.59 Å². The molecule has 0 radical (unpaired) electrons. The number of hydrogen-bond acceptors (Lipinski definition) is 4. The number of carboxylic acids is 1. The SMILES string of the molecule is C=CCOc1cc(OC)ccc1C(=O)N1CCCC(CCC(=O)O)C1. The Kier molecular flexibility index (Phi) is 6.86. The number of benzene rings is 1. The van der Waals surface area contributed by atoms with E-state index >= 15 is 0 Å². The molecule has 1 amide bonds. The van der Waals surface area contributed by atoms with Crippen LogP contribution in [0.1, 0.15) is 36.0 Å². The number of carboxylic acid groups (broad SMARTS) is 1. The largest absolute Gasteiger partial charge is 0.497 e. The highest BCUT2D eigenvalue weighted by Gasteiger charge is 2.26. The number of amides is 1. The summed E-state index contributed by atoms with van der Waals surface area (Å²) in [5.74, 6) is 0.426. The first-order valence-electron chi connectivity index (χ1n) is 8.48. The third kappa shape index (κ3) is 5.24. The first kappa shape index (κ1) is 18.8. The minimum Gasteiger partial charge on any atom is -0.497 e. The summed E-state index contributed by atoms with van der Waals surface area (Å²) in [6.07, 6.45) is 4.20. The van der Waals surface area contributed by atoms with Crippen molar-refractivity contribution in [3.63, 3.8) is 0 Å². The highest BCUT2D eigenvalue weighted by atomic mass is 16.5. The molecular weight excluding hydrogens is 322 g/mol. The Morgan fingerprint density at radius 2 is 2.24 bits per heavy atom. The lowest BCUT2D eigenvalue weighted by Crippen LogP contribution is -2.40. The van der Waals surface area contributed by atoms with Gasteiger partial charge in [0.15, 0.2) is 0 Å². The summed E-state index contributed by atoms with van der Waals surface area (Å²) in [7, 11) is 1.56. The second kappa shape index (κ2) is 9.11. The van der Waals surface area contributed by atoms with Crippen LogP contribution in [0.2, 0.25) is 0 Å². The lowest BCUT2D eigenvalue weighted by atomic mass is 9.93. The molecule has 0 bridgehead atoms. The molecule has 0 saturated carbocycles. The molecule has 1 aliphatic heterocycles. The van der Waals surface area contributed by atoms with Crippen LogP contribution in [0.15, 0.2) is 30.9 Å². The molecule has 25 heavy (non-hydrogen) atoms. The van der Waals surface area contributed by atoms with Gasteiger partial charge in [-0.25, -0.2) is 0 Å². The van der Waals surface area contributed by atoms with Crippen molar-refractivity contribution in [2.24, 2.45) is 5.92 Å². The maximum atomic E-state index is 12.9. The van der Waals surface area contributed by atoms with Gasteiger partial charge < -0.3 is 19.5 Å². The van der Waals surface area contributed by atoms with E-state index in [1.54, 1.807) is 36.3 Å². The average molecular weight is 347 g/mol. The van der Waals surface area contributed by atoms with Crippen molar-refractivity contribution >= 4 is 11.9 Å². The van der Waals surface area contributed by atoms with Crippen molar-refractivity contribution in [3.8, 4) is 11.5 Å². The van der Waals surface area contributed by atoms with Crippen LogP contribution in [0.3, 0.4) is 0 Å². The van der Waals surface area contributed by atoms with Crippen molar-refractivity contribution in [2.45, 2.75) is 25.7 Å². The van der Waals surface area contributed by atoms with E-state index in [1.807, 2.05) is 0 Å². The number of rotatable bonds is 8. The van der Waals surface area contributed by atoms with Crippen molar-refractivity contribution in [1.29, 1.82) is 0 Å². The summed E-state index contributed by atoms with van der Waals surface area (Å²) in [5.41, 5.74) is 0.488. The van der Waals surface area contributed by atoms with Crippen molar-refractivity contribution in [3.05, 3.63) is 36.4 Å². The molecule has 1 N–H and O–H groups in total. The van der Waals surface area contributed by atoms with E-state index in [0.29, 0.717) is 43.2 Å². The lowest BCUT2D eigenvalue weighted by Gasteiger charge is -2.33. The van der Waals surface area contributed by atoms with Crippen LogP contribution in [0.4, 0.5) is 0 Å². The zero-order valence-electron chi connectivity index (χ0n) is 14.6. The van der Waals surface area contributed by atoms with Gasteiger partial charge in [0.05, 0.1) is 12.7 Å². The minimum absolute atomic E-state index is 0.0956. The van der Waals surface area contributed by atoms with E-state index in [0.717, 1.165) is 12.8 Å². The zero-order valence-corrected chi connectivity index (χ0v) is 14.6. The quantitative estimate of drug-likeness (QED) is 0.732. The average Bonchev–Trinajstić information content (AvgIpc) is 2.64. The maximum Gasteiger partial charge on any atom is 0.303 e. The third-order valence-electron chi connectivity index (χ3n) is 4.35. The molecule has 1 heterocycles. The molecule has 136 valence electrons. The Morgan fingerprint density at radius 1 is 1.44 bits per heavy atom.